The highest BCUT2D eigenvalue weighted by molar-refractivity contribution is 7.98. The normalized spacial score (nSPS) is 14.3. The van der Waals surface area contributed by atoms with Crippen LogP contribution in [0.5, 0.6) is 0 Å². The molecule has 1 aliphatic carbocycles. The molecule has 1 amide bonds. The van der Waals surface area contributed by atoms with E-state index in [1.165, 1.54) is 11.1 Å². The molecule has 0 saturated heterocycles. The summed E-state index contributed by atoms with van der Waals surface area (Å²) in [6.45, 7) is 0.449. The zero-order valence-corrected chi connectivity index (χ0v) is 18.7. The van der Waals surface area contributed by atoms with Gasteiger partial charge < -0.3 is 20.3 Å². The van der Waals surface area contributed by atoms with Crippen LogP contribution < -0.4 is 5.32 Å². The van der Waals surface area contributed by atoms with Crippen LogP contribution in [0.15, 0.2) is 77.7 Å². The number of rotatable bonds is 8. The molecule has 0 heterocycles. The maximum atomic E-state index is 12.2. The predicted molar refractivity (Wildman–Crippen MR) is 127 cm³/mol. The summed E-state index contributed by atoms with van der Waals surface area (Å²) in [4.78, 5) is 13.3. The number of amides is 1. The first kappa shape index (κ1) is 22.4. The number of benzene rings is 3. The summed E-state index contributed by atoms with van der Waals surface area (Å²) in [5.41, 5.74) is 5.33. The average molecular weight is 450 g/mol. The molecule has 0 spiro atoms. The van der Waals surface area contributed by atoms with E-state index < -0.39 is 18.3 Å². The molecule has 6 heteroatoms. The van der Waals surface area contributed by atoms with Crippen LogP contribution in [0.25, 0.3) is 11.1 Å². The van der Waals surface area contributed by atoms with Crippen molar-refractivity contribution in [3.05, 3.63) is 89.5 Å². The van der Waals surface area contributed by atoms with Gasteiger partial charge in [-0.05, 0) is 52.6 Å². The monoisotopic (exact) mass is 449 g/mol. The molecule has 0 aliphatic heterocycles. The molecule has 3 N–H and O–H groups in total. The van der Waals surface area contributed by atoms with E-state index in [0.717, 1.165) is 16.0 Å². The van der Waals surface area contributed by atoms with E-state index in [0.29, 0.717) is 5.56 Å². The van der Waals surface area contributed by atoms with Gasteiger partial charge in [-0.15, -0.1) is 11.8 Å². The Morgan fingerprint density at radius 1 is 0.969 bits per heavy atom. The van der Waals surface area contributed by atoms with Gasteiger partial charge in [-0.1, -0.05) is 60.7 Å². The molecule has 2 unspecified atom stereocenters. The molecule has 3 aromatic carbocycles. The van der Waals surface area contributed by atoms with E-state index in [1.54, 1.807) is 23.9 Å². The zero-order chi connectivity index (χ0) is 22.5. The molecule has 32 heavy (non-hydrogen) atoms. The largest absolute Gasteiger partial charge is 0.449 e. The Morgan fingerprint density at radius 2 is 1.56 bits per heavy atom. The Hall–Kier alpha value is -2.80. The lowest BCUT2D eigenvalue weighted by Gasteiger charge is -2.19. The maximum Gasteiger partial charge on any atom is 0.407 e. The molecule has 166 valence electrons. The number of hydrogen-bond acceptors (Lipinski definition) is 5. The molecular weight excluding hydrogens is 422 g/mol. The van der Waals surface area contributed by atoms with Gasteiger partial charge in [-0.3, -0.25) is 0 Å². The quantitative estimate of drug-likeness (QED) is 0.433. The lowest BCUT2D eigenvalue weighted by atomic mass is 9.98. The predicted octanol–water partition coefficient (Wildman–Crippen LogP) is 4.73. The van der Waals surface area contributed by atoms with Crippen LogP contribution in [0, 0.1) is 0 Å². The number of aliphatic hydroxyl groups excluding tert-OH is 2. The van der Waals surface area contributed by atoms with Crippen LogP contribution in [-0.4, -0.2) is 41.8 Å². The van der Waals surface area contributed by atoms with E-state index in [2.05, 4.69) is 29.6 Å². The van der Waals surface area contributed by atoms with Gasteiger partial charge in [0.1, 0.15) is 12.7 Å². The van der Waals surface area contributed by atoms with Crippen molar-refractivity contribution in [2.75, 3.05) is 19.4 Å². The fourth-order valence-electron chi connectivity index (χ4n) is 4.15. The van der Waals surface area contributed by atoms with Gasteiger partial charge in [-0.25, -0.2) is 4.79 Å². The fourth-order valence-corrected chi connectivity index (χ4v) is 4.56. The third-order valence-electron chi connectivity index (χ3n) is 5.87. The fraction of sp³-hybridized carbons (Fsp3) is 0.269. The van der Waals surface area contributed by atoms with Gasteiger partial charge >= 0.3 is 6.09 Å². The minimum absolute atomic E-state index is 0.00446. The molecule has 4 rings (SSSR count). The van der Waals surface area contributed by atoms with Crippen LogP contribution in [0.1, 0.15) is 35.1 Å². The van der Waals surface area contributed by atoms with Crippen molar-refractivity contribution in [2.24, 2.45) is 0 Å². The highest BCUT2D eigenvalue weighted by Gasteiger charge is 2.29. The number of carbonyl (C=O) groups is 1. The van der Waals surface area contributed by atoms with E-state index in [4.69, 9.17) is 4.74 Å². The van der Waals surface area contributed by atoms with Crippen LogP contribution in [0.3, 0.4) is 0 Å². The van der Waals surface area contributed by atoms with E-state index in [1.807, 2.05) is 42.7 Å². The van der Waals surface area contributed by atoms with Crippen molar-refractivity contribution in [3.63, 3.8) is 0 Å². The minimum atomic E-state index is -1.00. The SMILES string of the molecule is CSc1ccc(C(O)C(O)CCNC(=O)OCC2c3ccccc3-c3ccccc32)cc1. The van der Waals surface area contributed by atoms with E-state index in [-0.39, 0.29) is 25.5 Å². The third-order valence-corrected chi connectivity index (χ3v) is 6.62. The molecule has 0 bridgehead atoms. The van der Waals surface area contributed by atoms with Gasteiger partial charge in [0, 0.05) is 17.4 Å². The first-order valence-electron chi connectivity index (χ1n) is 10.7. The average Bonchev–Trinajstić information content (AvgIpc) is 3.16. The van der Waals surface area contributed by atoms with Crippen molar-refractivity contribution in [1.29, 1.82) is 0 Å². The summed E-state index contributed by atoms with van der Waals surface area (Å²) < 4.78 is 5.50. The van der Waals surface area contributed by atoms with Crippen molar-refractivity contribution >= 4 is 17.9 Å². The second kappa shape index (κ2) is 10.2. The highest BCUT2D eigenvalue weighted by atomic mass is 32.2. The highest BCUT2D eigenvalue weighted by Crippen LogP contribution is 2.44. The molecule has 3 aromatic rings. The number of ether oxygens (including phenoxy) is 1. The molecule has 0 aromatic heterocycles. The van der Waals surface area contributed by atoms with E-state index in [9.17, 15) is 15.0 Å². The Bertz CT molecular complexity index is 1020. The summed E-state index contributed by atoms with van der Waals surface area (Å²) in [7, 11) is 0. The molecule has 0 saturated carbocycles. The van der Waals surface area contributed by atoms with Gasteiger partial charge in [0.15, 0.2) is 0 Å². The third kappa shape index (κ3) is 4.83. The summed E-state index contributed by atoms with van der Waals surface area (Å²) in [6.07, 6.45) is -0.317. The number of alkyl carbamates (subject to hydrolysis) is 1. The van der Waals surface area contributed by atoms with Crippen molar-refractivity contribution < 1.29 is 19.7 Å². The number of hydrogen-bond donors (Lipinski definition) is 3. The molecular formula is C26H27NO4S. The molecule has 5 nitrogen and oxygen atoms in total. The second-order valence-electron chi connectivity index (χ2n) is 7.83. The van der Waals surface area contributed by atoms with Crippen LogP contribution in [0.2, 0.25) is 0 Å². The summed E-state index contributed by atoms with van der Waals surface area (Å²) in [5.74, 6) is 0.00446. The topological polar surface area (TPSA) is 78.8 Å². The summed E-state index contributed by atoms with van der Waals surface area (Å²) >= 11 is 1.62. The zero-order valence-electron chi connectivity index (χ0n) is 17.9. The first-order valence-corrected chi connectivity index (χ1v) is 11.9. The van der Waals surface area contributed by atoms with Crippen LogP contribution >= 0.6 is 11.8 Å². The van der Waals surface area contributed by atoms with Gasteiger partial charge in [-0.2, -0.15) is 0 Å². The standard InChI is InChI=1S/C26H27NO4S/c1-32-18-12-10-17(11-13-18)25(29)24(28)14-15-27-26(30)31-16-23-21-8-4-2-6-19(21)20-7-3-5-9-22(20)23/h2-13,23-25,28-29H,14-16H2,1H3,(H,27,30). The molecule has 1 aliphatic rings. The Labute approximate surface area is 192 Å². The van der Waals surface area contributed by atoms with Crippen LogP contribution in [0.4, 0.5) is 4.79 Å². The summed E-state index contributed by atoms with van der Waals surface area (Å²) in [6, 6.07) is 23.8. The van der Waals surface area contributed by atoms with Crippen molar-refractivity contribution in [3.8, 4) is 11.1 Å². The van der Waals surface area contributed by atoms with Crippen molar-refractivity contribution in [1.82, 2.24) is 5.32 Å². The Morgan fingerprint density at radius 3 is 2.16 bits per heavy atom. The number of nitrogens with one attached hydrogen (secondary N) is 1. The maximum absolute atomic E-state index is 12.2. The summed E-state index contributed by atoms with van der Waals surface area (Å²) in [5, 5.41) is 23.3. The van der Waals surface area contributed by atoms with E-state index >= 15 is 0 Å². The first-order chi connectivity index (χ1) is 15.6. The van der Waals surface area contributed by atoms with Crippen LogP contribution in [-0.2, 0) is 4.74 Å². The number of thioether (sulfide) groups is 1. The number of carbonyl (C=O) groups excluding carboxylic acids is 1. The lowest BCUT2D eigenvalue weighted by molar-refractivity contribution is 0.0136. The molecule has 0 fully saturated rings. The van der Waals surface area contributed by atoms with Crippen molar-refractivity contribution in [2.45, 2.75) is 29.4 Å². The Balaban J connectivity index is 1.27. The number of fused-ring (bicyclic) bond motifs is 3. The smallest absolute Gasteiger partial charge is 0.407 e. The minimum Gasteiger partial charge on any atom is -0.449 e. The van der Waals surface area contributed by atoms with Gasteiger partial charge in [0.2, 0.25) is 0 Å². The number of aliphatic hydroxyl groups is 2. The molecule has 0 radical (unpaired) electrons. The van der Waals surface area contributed by atoms with Gasteiger partial charge in [0.05, 0.1) is 6.10 Å². The van der Waals surface area contributed by atoms with Gasteiger partial charge in [0.25, 0.3) is 0 Å². The second-order valence-corrected chi connectivity index (χ2v) is 8.71. The lowest BCUT2D eigenvalue weighted by Crippen LogP contribution is -2.30. The molecule has 2 atom stereocenters. The Kier molecular flexibility index (Phi) is 7.15.